The number of amides is 1. The van der Waals surface area contributed by atoms with Gasteiger partial charge >= 0.3 is 0 Å². The van der Waals surface area contributed by atoms with Crippen LogP contribution in [0.5, 0.6) is 0 Å². The van der Waals surface area contributed by atoms with Gasteiger partial charge in [0, 0.05) is 31.9 Å². The van der Waals surface area contributed by atoms with Crippen LogP contribution < -0.4 is 5.32 Å². The molecule has 0 saturated carbocycles. The number of piperazine rings is 1. The molecule has 1 N–H and O–H groups in total. The van der Waals surface area contributed by atoms with Crippen molar-refractivity contribution in [2.45, 2.75) is 38.1 Å². The second-order valence-electron chi connectivity index (χ2n) is 7.47. The van der Waals surface area contributed by atoms with Crippen LogP contribution in [0.25, 0.3) is 0 Å². The van der Waals surface area contributed by atoms with E-state index in [0.717, 1.165) is 17.7 Å². The molecule has 29 heavy (non-hydrogen) atoms. The average molecular weight is 416 g/mol. The minimum absolute atomic E-state index is 0.0795. The fourth-order valence-electron chi connectivity index (χ4n) is 3.43. The third kappa shape index (κ3) is 5.04. The lowest BCUT2D eigenvalue weighted by atomic mass is 10.1. The summed E-state index contributed by atoms with van der Waals surface area (Å²) in [5.74, 6) is -0.0795. The first-order chi connectivity index (χ1) is 13.8. The smallest absolute Gasteiger partial charge is 0.243 e. The van der Waals surface area contributed by atoms with Crippen LogP contribution in [0.3, 0.4) is 0 Å². The Bertz CT molecular complexity index is 932. The summed E-state index contributed by atoms with van der Waals surface area (Å²) in [6.07, 6.45) is 0.959. The van der Waals surface area contributed by atoms with E-state index in [1.807, 2.05) is 55.1 Å². The van der Waals surface area contributed by atoms with Gasteiger partial charge in [-0.25, -0.2) is 8.42 Å². The second-order valence-corrected chi connectivity index (χ2v) is 9.41. The Balaban J connectivity index is 1.57. The number of hydrogen-bond acceptors (Lipinski definition) is 4. The summed E-state index contributed by atoms with van der Waals surface area (Å²) in [6, 6.07) is 14.4. The number of anilines is 1. The molecule has 1 aliphatic heterocycles. The van der Waals surface area contributed by atoms with E-state index in [0.29, 0.717) is 31.1 Å². The lowest BCUT2D eigenvalue weighted by Gasteiger charge is -2.36. The molecule has 0 spiro atoms. The minimum atomic E-state index is -3.50. The summed E-state index contributed by atoms with van der Waals surface area (Å²) in [5.41, 5.74) is 3.03. The Morgan fingerprint density at radius 1 is 1.00 bits per heavy atom. The zero-order valence-electron chi connectivity index (χ0n) is 17.3. The number of nitrogens with one attached hydrogen (secondary N) is 1. The topological polar surface area (TPSA) is 69.7 Å². The number of carbonyl (C=O) groups excluding carboxylic acids is 1. The minimum Gasteiger partial charge on any atom is -0.325 e. The van der Waals surface area contributed by atoms with Crippen molar-refractivity contribution in [2.24, 2.45) is 0 Å². The lowest BCUT2D eigenvalue weighted by molar-refractivity contribution is -0.121. The molecule has 0 bridgehead atoms. The molecule has 0 radical (unpaired) electrons. The number of carbonyl (C=O) groups is 1. The Labute approximate surface area is 173 Å². The highest BCUT2D eigenvalue weighted by Crippen LogP contribution is 2.19. The summed E-state index contributed by atoms with van der Waals surface area (Å²) in [5, 5.41) is 2.95. The zero-order valence-corrected chi connectivity index (χ0v) is 18.1. The van der Waals surface area contributed by atoms with E-state index < -0.39 is 10.0 Å². The molecule has 3 rings (SSSR count). The molecule has 1 atom stereocenters. The van der Waals surface area contributed by atoms with Crippen molar-refractivity contribution in [1.82, 2.24) is 9.21 Å². The highest BCUT2D eigenvalue weighted by molar-refractivity contribution is 7.89. The molecule has 2 aromatic rings. The van der Waals surface area contributed by atoms with Gasteiger partial charge in [0.2, 0.25) is 15.9 Å². The van der Waals surface area contributed by atoms with Gasteiger partial charge in [-0.05, 0) is 50.1 Å². The maximum absolute atomic E-state index is 12.8. The van der Waals surface area contributed by atoms with Crippen LogP contribution >= 0.6 is 0 Å². The molecule has 0 aliphatic carbocycles. The van der Waals surface area contributed by atoms with Crippen LogP contribution in [0.1, 0.15) is 25.0 Å². The predicted octanol–water partition coefficient (Wildman–Crippen LogP) is 2.89. The lowest BCUT2D eigenvalue weighted by Crippen LogP contribution is -2.53. The van der Waals surface area contributed by atoms with Crippen LogP contribution in [-0.2, 0) is 21.2 Å². The molecule has 1 fully saturated rings. The number of hydrogen-bond donors (Lipinski definition) is 1. The van der Waals surface area contributed by atoms with Gasteiger partial charge in [-0.2, -0.15) is 4.31 Å². The molecule has 156 valence electrons. The third-order valence-corrected chi connectivity index (χ3v) is 7.40. The maximum atomic E-state index is 12.8. The summed E-state index contributed by atoms with van der Waals surface area (Å²) in [4.78, 5) is 15.0. The van der Waals surface area contributed by atoms with Crippen molar-refractivity contribution in [3.05, 3.63) is 59.7 Å². The van der Waals surface area contributed by atoms with E-state index in [4.69, 9.17) is 0 Å². The maximum Gasteiger partial charge on any atom is 0.243 e. The number of sulfonamides is 1. The number of nitrogens with zero attached hydrogens (tertiary/aromatic N) is 2. The molecule has 2 aromatic carbocycles. The van der Waals surface area contributed by atoms with Gasteiger partial charge in [-0.1, -0.05) is 36.8 Å². The Kier molecular flexibility index (Phi) is 6.72. The monoisotopic (exact) mass is 415 g/mol. The van der Waals surface area contributed by atoms with Gasteiger partial charge in [0.1, 0.15) is 0 Å². The summed E-state index contributed by atoms with van der Waals surface area (Å²) in [6.45, 7) is 7.68. The van der Waals surface area contributed by atoms with Gasteiger partial charge in [0.05, 0.1) is 10.9 Å². The number of rotatable bonds is 6. The van der Waals surface area contributed by atoms with E-state index in [9.17, 15) is 13.2 Å². The van der Waals surface area contributed by atoms with Crippen molar-refractivity contribution < 1.29 is 13.2 Å². The standard InChI is InChI=1S/C22H29N3O3S/c1-4-19-7-9-20(10-8-19)23-22(26)18(3)24-13-15-25(16-14-24)29(27,28)21-11-5-17(2)6-12-21/h5-12,18H,4,13-16H2,1-3H3,(H,23,26). The average Bonchev–Trinajstić information content (AvgIpc) is 2.74. The molecule has 0 aromatic heterocycles. The Morgan fingerprint density at radius 3 is 2.14 bits per heavy atom. The highest BCUT2D eigenvalue weighted by Gasteiger charge is 2.31. The van der Waals surface area contributed by atoms with E-state index >= 15 is 0 Å². The Hall–Kier alpha value is -2.22. The van der Waals surface area contributed by atoms with E-state index in [1.54, 1.807) is 12.1 Å². The predicted molar refractivity (Wildman–Crippen MR) is 115 cm³/mol. The molecule has 1 saturated heterocycles. The van der Waals surface area contributed by atoms with Crippen LogP contribution in [0.15, 0.2) is 53.4 Å². The van der Waals surface area contributed by atoms with Gasteiger partial charge < -0.3 is 5.32 Å². The molecular weight excluding hydrogens is 386 g/mol. The fourth-order valence-corrected chi connectivity index (χ4v) is 4.85. The number of aryl methyl sites for hydroxylation is 2. The third-order valence-electron chi connectivity index (χ3n) is 5.49. The van der Waals surface area contributed by atoms with Gasteiger partial charge in [0.15, 0.2) is 0 Å². The summed E-state index contributed by atoms with van der Waals surface area (Å²) < 4.78 is 27.2. The largest absolute Gasteiger partial charge is 0.325 e. The molecule has 1 heterocycles. The van der Waals surface area contributed by atoms with Crippen molar-refractivity contribution >= 4 is 21.6 Å². The Morgan fingerprint density at radius 2 is 1.59 bits per heavy atom. The van der Waals surface area contributed by atoms with Crippen LogP contribution in [-0.4, -0.2) is 55.8 Å². The van der Waals surface area contributed by atoms with Gasteiger partial charge in [-0.3, -0.25) is 9.69 Å². The first-order valence-corrected chi connectivity index (χ1v) is 11.5. The fraction of sp³-hybridized carbons (Fsp3) is 0.409. The first-order valence-electron chi connectivity index (χ1n) is 10.0. The SMILES string of the molecule is CCc1ccc(NC(=O)C(C)N2CCN(S(=O)(=O)c3ccc(C)cc3)CC2)cc1. The van der Waals surface area contributed by atoms with Gasteiger partial charge in [0.25, 0.3) is 0 Å². The summed E-state index contributed by atoms with van der Waals surface area (Å²) >= 11 is 0. The molecule has 1 aliphatic rings. The van der Waals surface area contributed by atoms with Crippen LogP contribution in [0.4, 0.5) is 5.69 Å². The zero-order chi connectivity index (χ0) is 21.0. The van der Waals surface area contributed by atoms with Crippen molar-refractivity contribution in [3.8, 4) is 0 Å². The molecular formula is C22H29N3O3S. The normalized spacial score (nSPS) is 17.1. The molecule has 7 heteroatoms. The highest BCUT2D eigenvalue weighted by atomic mass is 32.2. The first kappa shape index (κ1) is 21.5. The number of benzene rings is 2. The molecule has 1 unspecified atom stereocenters. The van der Waals surface area contributed by atoms with Crippen molar-refractivity contribution in [1.29, 1.82) is 0 Å². The van der Waals surface area contributed by atoms with E-state index in [2.05, 4.69) is 12.2 Å². The van der Waals surface area contributed by atoms with Crippen LogP contribution in [0.2, 0.25) is 0 Å². The van der Waals surface area contributed by atoms with Crippen molar-refractivity contribution in [2.75, 3.05) is 31.5 Å². The van der Waals surface area contributed by atoms with Crippen LogP contribution in [0, 0.1) is 6.92 Å². The quantitative estimate of drug-likeness (QED) is 0.788. The summed E-state index contributed by atoms with van der Waals surface area (Å²) in [7, 11) is -3.50. The molecule has 6 nitrogen and oxygen atoms in total. The van der Waals surface area contributed by atoms with Crippen molar-refractivity contribution in [3.63, 3.8) is 0 Å². The van der Waals surface area contributed by atoms with Gasteiger partial charge in [-0.15, -0.1) is 0 Å². The molecule has 1 amide bonds. The van der Waals surface area contributed by atoms with E-state index in [-0.39, 0.29) is 11.9 Å². The van der Waals surface area contributed by atoms with E-state index in [1.165, 1.54) is 9.87 Å². The second kappa shape index (κ2) is 9.07.